The first kappa shape index (κ1) is 18.9. The molecule has 2 amide bonds. The standard InChI is InChI=1S/C22H18N2O4S/c1-2-27-19-10-9-14-6-3-4-8-16(14)17(19)12-18-20(25)23-22(29)24(21(18)26)13-15-7-5-11-28-15/h3-12H,2,13H2,1H3,(H,23,25,29)/b18-12-. The van der Waals surface area contributed by atoms with Crippen molar-refractivity contribution in [2.75, 3.05) is 6.61 Å². The van der Waals surface area contributed by atoms with E-state index in [9.17, 15) is 9.59 Å². The summed E-state index contributed by atoms with van der Waals surface area (Å²) in [5.41, 5.74) is 0.664. The predicted octanol–water partition coefficient (Wildman–Crippen LogP) is 3.66. The Labute approximate surface area is 172 Å². The zero-order chi connectivity index (χ0) is 20.4. The summed E-state index contributed by atoms with van der Waals surface area (Å²) in [4.78, 5) is 27.0. The molecule has 0 unspecified atom stereocenters. The van der Waals surface area contributed by atoms with E-state index in [1.165, 1.54) is 11.2 Å². The van der Waals surface area contributed by atoms with Gasteiger partial charge in [-0.15, -0.1) is 0 Å². The third kappa shape index (κ3) is 3.64. The lowest BCUT2D eigenvalue weighted by atomic mass is 10.00. The van der Waals surface area contributed by atoms with Crippen molar-refractivity contribution in [2.45, 2.75) is 13.5 Å². The van der Waals surface area contributed by atoms with Crippen LogP contribution in [0.4, 0.5) is 0 Å². The van der Waals surface area contributed by atoms with Gasteiger partial charge in [-0.25, -0.2) is 0 Å². The first-order valence-corrected chi connectivity index (χ1v) is 9.55. The fraction of sp³-hybridized carbons (Fsp3) is 0.136. The predicted molar refractivity (Wildman–Crippen MR) is 113 cm³/mol. The van der Waals surface area contributed by atoms with Crippen molar-refractivity contribution in [1.29, 1.82) is 0 Å². The Bertz CT molecular complexity index is 1130. The van der Waals surface area contributed by atoms with Crippen LogP contribution in [0.1, 0.15) is 18.2 Å². The number of hydrogen-bond donors (Lipinski definition) is 1. The molecule has 0 aliphatic carbocycles. The Hall–Kier alpha value is -3.45. The Morgan fingerprint density at radius 1 is 1.14 bits per heavy atom. The van der Waals surface area contributed by atoms with Gasteiger partial charge in [0.15, 0.2) is 5.11 Å². The van der Waals surface area contributed by atoms with Gasteiger partial charge >= 0.3 is 0 Å². The van der Waals surface area contributed by atoms with Gasteiger partial charge in [-0.05, 0) is 54.2 Å². The molecule has 4 rings (SSSR count). The number of benzene rings is 2. The molecule has 0 atom stereocenters. The van der Waals surface area contributed by atoms with Crippen LogP contribution in [-0.2, 0) is 16.1 Å². The van der Waals surface area contributed by atoms with Gasteiger partial charge in [0.25, 0.3) is 11.8 Å². The summed E-state index contributed by atoms with van der Waals surface area (Å²) in [7, 11) is 0. The van der Waals surface area contributed by atoms with Gasteiger partial charge in [0.1, 0.15) is 17.1 Å². The third-order valence-electron chi connectivity index (χ3n) is 4.60. The maximum Gasteiger partial charge on any atom is 0.266 e. The minimum Gasteiger partial charge on any atom is -0.493 e. The molecule has 2 aromatic carbocycles. The molecule has 29 heavy (non-hydrogen) atoms. The number of amides is 2. The average Bonchev–Trinajstić information content (AvgIpc) is 3.23. The number of fused-ring (bicyclic) bond motifs is 1. The number of hydrogen-bond acceptors (Lipinski definition) is 5. The molecule has 0 spiro atoms. The second-order valence-corrected chi connectivity index (χ2v) is 6.81. The van der Waals surface area contributed by atoms with E-state index in [0.717, 1.165) is 10.8 Å². The molecular formula is C22H18N2O4S. The topological polar surface area (TPSA) is 71.8 Å². The van der Waals surface area contributed by atoms with Crippen LogP contribution in [0.5, 0.6) is 5.75 Å². The second kappa shape index (κ2) is 7.89. The Kier molecular flexibility index (Phi) is 5.14. The number of nitrogens with one attached hydrogen (secondary N) is 1. The van der Waals surface area contributed by atoms with Crippen molar-refractivity contribution in [1.82, 2.24) is 10.2 Å². The van der Waals surface area contributed by atoms with Gasteiger partial charge in [0.2, 0.25) is 0 Å². The van der Waals surface area contributed by atoms with Gasteiger partial charge in [-0.3, -0.25) is 19.8 Å². The normalized spacial score (nSPS) is 15.8. The SMILES string of the molecule is CCOc1ccc2ccccc2c1/C=C1/C(=O)NC(=S)N(Cc2ccco2)C1=O. The maximum atomic E-state index is 13.1. The largest absolute Gasteiger partial charge is 0.493 e. The van der Waals surface area contributed by atoms with Crippen LogP contribution in [-0.4, -0.2) is 28.4 Å². The van der Waals surface area contributed by atoms with Gasteiger partial charge in [-0.1, -0.05) is 30.3 Å². The number of nitrogens with zero attached hydrogens (tertiary/aromatic N) is 1. The highest BCUT2D eigenvalue weighted by atomic mass is 32.1. The van der Waals surface area contributed by atoms with Crippen LogP contribution < -0.4 is 10.1 Å². The zero-order valence-corrected chi connectivity index (χ0v) is 16.5. The van der Waals surface area contributed by atoms with E-state index >= 15 is 0 Å². The van der Waals surface area contributed by atoms with Crippen LogP contribution >= 0.6 is 12.2 Å². The van der Waals surface area contributed by atoms with Crippen molar-refractivity contribution in [3.63, 3.8) is 0 Å². The second-order valence-electron chi connectivity index (χ2n) is 6.42. The van der Waals surface area contributed by atoms with Gasteiger partial charge in [0, 0.05) is 5.56 Å². The average molecular weight is 406 g/mol. The summed E-state index contributed by atoms with van der Waals surface area (Å²) in [6, 6.07) is 15.0. The lowest BCUT2D eigenvalue weighted by Gasteiger charge is -2.28. The number of thiocarbonyl (C=S) groups is 1. The zero-order valence-electron chi connectivity index (χ0n) is 15.7. The molecule has 146 valence electrons. The Morgan fingerprint density at radius 3 is 2.72 bits per heavy atom. The summed E-state index contributed by atoms with van der Waals surface area (Å²) in [5.74, 6) is 0.151. The smallest absolute Gasteiger partial charge is 0.266 e. The molecule has 1 aliphatic heterocycles. The molecule has 7 heteroatoms. The van der Waals surface area contributed by atoms with E-state index in [0.29, 0.717) is 23.7 Å². The highest BCUT2D eigenvalue weighted by Crippen LogP contribution is 2.31. The van der Waals surface area contributed by atoms with Gasteiger partial charge in [-0.2, -0.15) is 0 Å². The third-order valence-corrected chi connectivity index (χ3v) is 4.92. The van der Waals surface area contributed by atoms with E-state index in [1.54, 1.807) is 18.2 Å². The van der Waals surface area contributed by atoms with Gasteiger partial charge < -0.3 is 9.15 Å². The molecule has 3 aromatic rings. The first-order chi connectivity index (χ1) is 14.1. The van der Waals surface area contributed by atoms with Crippen LogP contribution in [0.25, 0.3) is 16.8 Å². The highest BCUT2D eigenvalue weighted by molar-refractivity contribution is 7.80. The number of rotatable bonds is 5. The summed E-state index contributed by atoms with van der Waals surface area (Å²) < 4.78 is 11.1. The Morgan fingerprint density at radius 2 is 1.97 bits per heavy atom. The van der Waals surface area contributed by atoms with E-state index < -0.39 is 11.8 Å². The van der Waals surface area contributed by atoms with E-state index in [4.69, 9.17) is 21.4 Å². The maximum absolute atomic E-state index is 13.1. The van der Waals surface area contributed by atoms with Crippen LogP contribution in [0.2, 0.25) is 0 Å². The molecule has 2 heterocycles. The van der Waals surface area contributed by atoms with Crippen LogP contribution in [0.15, 0.2) is 64.8 Å². The fourth-order valence-corrected chi connectivity index (χ4v) is 3.49. The number of furan rings is 1. The minimum atomic E-state index is -0.536. The first-order valence-electron chi connectivity index (χ1n) is 9.14. The summed E-state index contributed by atoms with van der Waals surface area (Å²) in [5, 5.41) is 4.51. The summed E-state index contributed by atoms with van der Waals surface area (Å²) >= 11 is 5.20. The van der Waals surface area contributed by atoms with E-state index in [1.807, 2.05) is 43.3 Å². The minimum absolute atomic E-state index is 0.0116. The molecule has 6 nitrogen and oxygen atoms in total. The molecule has 0 saturated carbocycles. The molecule has 0 radical (unpaired) electrons. The fourth-order valence-electron chi connectivity index (χ4n) is 3.25. The monoisotopic (exact) mass is 406 g/mol. The molecule has 1 aliphatic rings. The molecule has 1 saturated heterocycles. The lowest BCUT2D eigenvalue weighted by Crippen LogP contribution is -2.53. The van der Waals surface area contributed by atoms with Gasteiger partial charge in [0.05, 0.1) is 19.4 Å². The summed E-state index contributed by atoms with van der Waals surface area (Å²) in [6.45, 7) is 2.48. The summed E-state index contributed by atoms with van der Waals surface area (Å²) in [6.07, 6.45) is 3.09. The van der Waals surface area contributed by atoms with Crippen molar-refractivity contribution in [2.24, 2.45) is 0 Å². The molecule has 0 bridgehead atoms. The number of carbonyl (C=O) groups excluding carboxylic acids is 2. The molecular weight excluding hydrogens is 388 g/mol. The van der Waals surface area contributed by atoms with Crippen molar-refractivity contribution < 1.29 is 18.7 Å². The van der Waals surface area contributed by atoms with E-state index in [2.05, 4.69) is 5.32 Å². The quantitative estimate of drug-likeness (QED) is 0.398. The molecule has 1 N–H and O–H groups in total. The van der Waals surface area contributed by atoms with Crippen molar-refractivity contribution in [3.05, 3.63) is 71.7 Å². The van der Waals surface area contributed by atoms with Crippen LogP contribution in [0, 0.1) is 0 Å². The highest BCUT2D eigenvalue weighted by Gasteiger charge is 2.34. The van der Waals surface area contributed by atoms with Crippen molar-refractivity contribution in [3.8, 4) is 5.75 Å². The molecule has 1 fully saturated rings. The van der Waals surface area contributed by atoms with Crippen molar-refractivity contribution >= 4 is 46.0 Å². The number of carbonyl (C=O) groups is 2. The lowest BCUT2D eigenvalue weighted by molar-refractivity contribution is -0.129. The van der Waals surface area contributed by atoms with Crippen LogP contribution in [0.3, 0.4) is 0 Å². The number of ether oxygens (including phenoxy) is 1. The van der Waals surface area contributed by atoms with E-state index in [-0.39, 0.29) is 17.2 Å². The Balaban J connectivity index is 1.80. The molecule has 1 aromatic heterocycles.